The highest BCUT2D eigenvalue weighted by Gasteiger charge is 2.52. The van der Waals surface area contributed by atoms with Crippen LogP contribution in [0.15, 0.2) is 30.3 Å². The van der Waals surface area contributed by atoms with E-state index in [4.69, 9.17) is 0 Å². The van der Waals surface area contributed by atoms with Gasteiger partial charge in [-0.15, -0.1) is 0 Å². The third-order valence-corrected chi connectivity index (χ3v) is 4.12. The monoisotopic (exact) mass is 245 g/mol. The van der Waals surface area contributed by atoms with E-state index in [0.717, 1.165) is 24.9 Å². The molecule has 2 saturated carbocycles. The summed E-state index contributed by atoms with van der Waals surface area (Å²) in [6, 6.07) is 9.66. The number of carboxylic acid groups (broad SMARTS) is 1. The largest absolute Gasteiger partial charge is 0.480 e. The van der Waals surface area contributed by atoms with Crippen LogP contribution >= 0.6 is 0 Å². The van der Waals surface area contributed by atoms with Crippen molar-refractivity contribution in [3.05, 3.63) is 35.9 Å². The second-order valence-corrected chi connectivity index (χ2v) is 5.58. The highest BCUT2D eigenvalue weighted by atomic mass is 16.4. The number of hydrogen-bond donors (Lipinski definition) is 2. The van der Waals surface area contributed by atoms with Crippen LogP contribution in [0.4, 0.5) is 0 Å². The maximum absolute atomic E-state index is 11.9. The lowest BCUT2D eigenvalue weighted by Crippen LogP contribution is -2.51. The maximum atomic E-state index is 11.9. The Bertz CT molecular complexity index is 437. The minimum absolute atomic E-state index is 0.246. The summed E-state index contributed by atoms with van der Waals surface area (Å²) in [5, 5.41) is 13.1. The van der Waals surface area contributed by atoms with Crippen molar-refractivity contribution in [1.29, 1.82) is 0 Å². The molecule has 1 unspecified atom stereocenters. The van der Waals surface area contributed by atoms with Gasteiger partial charge in [0.15, 0.2) is 0 Å². The topological polar surface area (TPSA) is 49.3 Å². The van der Waals surface area contributed by atoms with Crippen LogP contribution in [0.3, 0.4) is 0 Å². The molecule has 1 atom stereocenters. The van der Waals surface area contributed by atoms with Gasteiger partial charge in [0.05, 0.1) is 0 Å². The van der Waals surface area contributed by atoms with Gasteiger partial charge in [-0.2, -0.15) is 0 Å². The summed E-state index contributed by atoms with van der Waals surface area (Å²) in [7, 11) is 0. The minimum atomic E-state index is -0.857. The van der Waals surface area contributed by atoms with E-state index in [1.54, 1.807) is 0 Å². The van der Waals surface area contributed by atoms with Gasteiger partial charge in [0.2, 0.25) is 0 Å². The number of hydrogen-bond acceptors (Lipinski definition) is 2. The van der Waals surface area contributed by atoms with Crippen molar-refractivity contribution in [3.63, 3.8) is 0 Å². The van der Waals surface area contributed by atoms with Crippen LogP contribution < -0.4 is 5.32 Å². The quantitative estimate of drug-likeness (QED) is 0.809. The predicted molar refractivity (Wildman–Crippen MR) is 69.2 cm³/mol. The average Bonchev–Trinajstić information content (AvgIpc) is 3.25. The van der Waals surface area contributed by atoms with E-state index in [-0.39, 0.29) is 5.92 Å². The molecule has 1 aromatic rings. The first-order valence-electron chi connectivity index (χ1n) is 6.77. The Balaban J connectivity index is 1.91. The van der Waals surface area contributed by atoms with Crippen molar-refractivity contribution in [1.82, 2.24) is 5.32 Å². The first-order valence-corrected chi connectivity index (χ1v) is 6.77. The smallest absolute Gasteiger partial charge is 0.328 e. The van der Waals surface area contributed by atoms with Gasteiger partial charge in [0.1, 0.15) is 5.54 Å². The average molecular weight is 245 g/mol. The Morgan fingerprint density at radius 1 is 1.22 bits per heavy atom. The molecule has 0 aliphatic heterocycles. The highest BCUT2D eigenvalue weighted by molar-refractivity contribution is 5.81. The molecule has 1 aromatic carbocycles. The SMILES string of the molecule is O=C(O)C(NCC1CC1)(c1ccccc1)C1CC1. The van der Waals surface area contributed by atoms with E-state index in [1.807, 2.05) is 30.3 Å². The summed E-state index contributed by atoms with van der Waals surface area (Å²) in [6.45, 7) is 0.831. The molecule has 0 amide bonds. The molecule has 0 heterocycles. The van der Waals surface area contributed by atoms with Crippen LogP contribution in [0.1, 0.15) is 31.2 Å². The summed E-state index contributed by atoms with van der Waals surface area (Å²) in [5.41, 5.74) is 0.0461. The molecule has 0 saturated heterocycles. The molecule has 0 aromatic heterocycles. The van der Waals surface area contributed by atoms with Gasteiger partial charge in [0.25, 0.3) is 0 Å². The summed E-state index contributed by atoms with van der Waals surface area (Å²) < 4.78 is 0. The molecule has 18 heavy (non-hydrogen) atoms. The third-order valence-electron chi connectivity index (χ3n) is 4.12. The summed E-state index contributed by atoms with van der Waals surface area (Å²) >= 11 is 0. The van der Waals surface area contributed by atoms with Gasteiger partial charge in [-0.05, 0) is 49.6 Å². The number of aliphatic carboxylic acids is 1. The van der Waals surface area contributed by atoms with E-state index in [1.165, 1.54) is 12.8 Å². The van der Waals surface area contributed by atoms with Crippen LogP contribution in [-0.2, 0) is 10.3 Å². The van der Waals surface area contributed by atoms with Crippen LogP contribution in [0.2, 0.25) is 0 Å². The molecular formula is C15H19NO2. The fraction of sp³-hybridized carbons (Fsp3) is 0.533. The van der Waals surface area contributed by atoms with Crippen molar-refractivity contribution in [2.75, 3.05) is 6.54 Å². The number of carboxylic acids is 1. The normalized spacial score (nSPS) is 22.4. The van der Waals surface area contributed by atoms with Crippen LogP contribution in [0.5, 0.6) is 0 Å². The first-order chi connectivity index (χ1) is 8.73. The van der Waals surface area contributed by atoms with Crippen molar-refractivity contribution < 1.29 is 9.90 Å². The Labute approximate surface area is 107 Å². The lowest BCUT2D eigenvalue weighted by molar-refractivity contribution is -0.146. The zero-order valence-electron chi connectivity index (χ0n) is 10.4. The van der Waals surface area contributed by atoms with Gasteiger partial charge in [-0.25, -0.2) is 4.79 Å². The molecule has 2 N–H and O–H groups in total. The van der Waals surface area contributed by atoms with E-state index >= 15 is 0 Å². The lowest BCUT2D eigenvalue weighted by atomic mass is 9.84. The number of benzene rings is 1. The number of rotatable bonds is 6. The zero-order valence-corrected chi connectivity index (χ0v) is 10.4. The van der Waals surface area contributed by atoms with Crippen molar-refractivity contribution in [3.8, 4) is 0 Å². The second kappa shape index (κ2) is 4.39. The summed E-state index contributed by atoms with van der Waals surface area (Å²) in [6.07, 6.45) is 4.50. The molecule has 96 valence electrons. The van der Waals surface area contributed by atoms with Crippen LogP contribution in [-0.4, -0.2) is 17.6 Å². The molecule has 3 rings (SSSR count). The fourth-order valence-corrected chi connectivity index (χ4v) is 2.70. The molecule has 2 aliphatic carbocycles. The Kier molecular flexibility index (Phi) is 2.86. The van der Waals surface area contributed by atoms with Gasteiger partial charge in [-0.1, -0.05) is 30.3 Å². The molecule has 0 spiro atoms. The predicted octanol–water partition coefficient (Wildman–Crippen LogP) is 2.38. The molecule has 0 bridgehead atoms. The van der Waals surface area contributed by atoms with Crippen molar-refractivity contribution in [2.45, 2.75) is 31.2 Å². The van der Waals surface area contributed by atoms with Gasteiger partial charge in [0, 0.05) is 0 Å². The zero-order chi connectivity index (χ0) is 12.6. The molecule has 0 radical (unpaired) electrons. The minimum Gasteiger partial charge on any atom is -0.480 e. The maximum Gasteiger partial charge on any atom is 0.328 e. The van der Waals surface area contributed by atoms with E-state index in [0.29, 0.717) is 5.92 Å². The standard InChI is InChI=1S/C15H19NO2/c17-14(18)15(13-8-9-13,16-10-11-6-7-11)12-4-2-1-3-5-12/h1-5,11,13,16H,6-10H2,(H,17,18). The Hall–Kier alpha value is -1.35. The number of nitrogens with one attached hydrogen (secondary N) is 1. The Morgan fingerprint density at radius 2 is 1.89 bits per heavy atom. The third kappa shape index (κ3) is 2.03. The first kappa shape index (κ1) is 11.7. The molecule has 3 nitrogen and oxygen atoms in total. The molecular weight excluding hydrogens is 226 g/mol. The van der Waals surface area contributed by atoms with Gasteiger partial charge >= 0.3 is 5.97 Å². The molecule has 2 aliphatic rings. The number of carbonyl (C=O) groups is 1. The van der Waals surface area contributed by atoms with Gasteiger partial charge < -0.3 is 5.11 Å². The van der Waals surface area contributed by atoms with E-state index in [9.17, 15) is 9.90 Å². The van der Waals surface area contributed by atoms with E-state index in [2.05, 4.69) is 5.32 Å². The van der Waals surface area contributed by atoms with Crippen LogP contribution in [0, 0.1) is 11.8 Å². The molecule has 3 heteroatoms. The van der Waals surface area contributed by atoms with E-state index < -0.39 is 11.5 Å². The van der Waals surface area contributed by atoms with Crippen molar-refractivity contribution >= 4 is 5.97 Å². The summed E-state index contributed by atoms with van der Waals surface area (Å²) in [5.74, 6) is 0.208. The van der Waals surface area contributed by atoms with Gasteiger partial charge in [-0.3, -0.25) is 5.32 Å². The second-order valence-electron chi connectivity index (χ2n) is 5.58. The van der Waals surface area contributed by atoms with Crippen molar-refractivity contribution in [2.24, 2.45) is 11.8 Å². The lowest BCUT2D eigenvalue weighted by Gasteiger charge is -2.31. The summed E-state index contributed by atoms with van der Waals surface area (Å²) in [4.78, 5) is 11.9. The fourth-order valence-electron chi connectivity index (χ4n) is 2.70. The Morgan fingerprint density at radius 3 is 2.39 bits per heavy atom. The highest BCUT2D eigenvalue weighted by Crippen LogP contribution is 2.46. The van der Waals surface area contributed by atoms with Crippen LogP contribution in [0.25, 0.3) is 0 Å². The molecule has 2 fully saturated rings.